The van der Waals surface area contributed by atoms with Crippen LogP contribution in [-0.4, -0.2) is 39.2 Å². The zero-order valence-electron chi connectivity index (χ0n) is 21.0. The number of pyridine rings is 1. The molecule has 1 aromatic carbocycles. The molecule has 0 bridgehead atoms. The number of piperidine rings is 1. The van der Waals surface area contributed by atoms with Crippen molar-refractivity contribution in [3.05, 3.63) is 74.7 Å². The molecule has 8 nitrogen and oxygen atoms in total. The number of hydrogen-bond donors (Lipinski definition) is 1. The summed E-state index contributed by atoms with van der Waals surface area (Å²) in [4.78, 5) is 31.7. The molecule has 2 saturated carbocycles. The van der Waals surface area contributed by atoms with E-state index < -0.39 is 0 Å². The first kappa shape index (κ1) is 24.9. The summed E-state index contributed by atoms with van der Waals surface area (Å²) in [6.07, 6.45) is 7.51. The maximum Gasteiger partial charge on any atom is 0.254 e. The van der Waals surface area contributed by atoms with E-state index in [-0.39, 0.29) is 35.7 Å². The van der Waals surface area contributed by atoms with Crippen molar-refractivity contribution in [2.45, 2.75) is 51.1 Å². The summed E-state index contributed by atoms with van der Waals surface area (Å²) in [5, 5.41) is 18.0. The van der Waals surface area contributed by atoms with E-state index in [1.807, 2.05) is 19.9 Å². The molecule has 3 fully saturated rings. The van der Waals surface area contributed by atoms with Crippen LogP contribution < -0.4 is 10.2 Å². The number of nitriles is 1. The van der Waals surface area contributed by atoms with Crippen LogP contribution in [0.4, 0.5) is 5.82 Å². The number of nitrogens with zero attached hydrogens (tertiary/aromatic N) is 5. The van der Waals surface area contributed by atoms with E-state index in [1.165, 1.54) is 0 Å². The molecule has 0 unspecified atom stereocenters. The average Bonchev–Trinajstić information content (AvgIpc) is 3.33. The van der Waals surface area contributed by atoms with Crippen LogP contribution in [0.1, 0.15) is 70.8 Å². The highest BCUT2D eigenvalue weighted by Gasteiger charge is 2.53. The Morgan fingerprint density at radius 1 is 1.24 bits per heavy atom. The minimum Gasteiger partial charge on any atom is -0.349 e. The molecule has 38 heavy (non-hydrogen) atoms. The number of carbonyl (C=O) groups excluding carboxylic acids is 2. The molecule has 2 amide bonds. The zero-order valence-corrected chi connectivity index (χ0v) is 22.5. The van der Waals surface area contributed by atoms with Crippen LogP contribution in [-0.2, 0) is 4.79 Å². The maximum atomic E-state index is 12.9. The van der Waals surface area contributed by atoms with Crippen LogP contribution >= 0.6 is 23.2 Å². The Labute approximate surface area is 230 Å². The Bertz CT molecular complexity index is 1510. The second-order valence-corrected chi connectivity index (χ2v) is 11.4. The normalized spacial score (nSPS) is 24.4. The number of fused-ring (bicyclic) bond motifs is 1. The smallest absolute Gasteiger partial charge is 0.254 e. The monoisotopic (exact) mass is 548 g/mol. The van der Waals surface area contributed by atoms with E-state index in [0.29, 0.717) is 39.5 Å². The number of hydrogen-bond acceptors (Lipinski definition) is 5. The molecule has 2 aromatic heterocycles. The van der Waals surface area contributed by atoms with Gasteiger partial charge in [0.15, 0.2) is 5.82 Å². The largest absolute Gasteiger partial charge is 0.349 e. The van der Waals surface area contributed by atoms with E-state index >= 15 is 0 Å². The topological polar surface area (TPSA) is 104 Å². The number of benzene rings is 1. The van der Waals surface area contributed by atoms with Gasteiger partial charge in [0.2, 0.25) is 5.91 Å². The molecule has 194 valence electrons. The number of aromatic nitrogens is 3. The van der Waals surface area contributed by atoms with Gasteiger partial charge in [-0.15, -0.1) is 0 Å². The van der Waals surface area contributed by atoms with Crippen molar-refractivity contribution in [2.24, 2.45) is 11.8 Å². The number of carbonyl (C=O) groups is 2. The van der Waals surface area contributed by atoms with Gasteiger partial charge < -0.3 is 5.32 Å². The van der Waals surface area contributed by atoms with E-state index in [4.69, 9.17) is 23.2 Å². The lowest BCUT2D eigenvalue weighted by atomic mass is 9.74. The van der Waals surface area contributed by atoms with Crippen molar-refractivity contribution >= 4 is 40.8 Å². The fourth-order valence-electron chi connectivity index (χ4n) is 5.70. The van der Waals surface area contributed by atoms with Crippen molar-refractivity contribution in [3.8, 4) is 6.07 Å². The van der Waals surface area contributed by atoms with Crippen molar-refractivity contribution < 1.29 is 9.59 Å². The molecule has 3 aliphatic rings. The molecular weight excluding hydrogens is 523 g/mol. The minimum atomic E-state index is -0.210. The summed E-state index contributed by atoms with van der Waals surface area (Å²) in [5.41, 5.74) is 3.75. The number of rotatable bonds is 6. The van der Waals surface area contributed by atoms with Gasteiger partial charge in [0, 0.05) is 35.9 Å². The van der Waals surface area contributed by atoms with Crippen molar-refractivity contribution in [1.82, 2.24) is 20.1 Å². The highest BCUT2D eigenvalue weighted by molar-refractivity contribution is 6.34. The molecule has 10 heteroatoms. The zero-order chi connectivity index (χ0) is 26.7. The Kier molecular flexibility index (Phi) is 6.16. The summed E-state index contributed by atoms with van der Waals surface area (Å²) in [6, 6.07) is 7.34. The first-order chi connectivity index (χ1) is 18.2. The summed E-state index contributed by atoms with van der Waals surface area (Å²) >= 11 is 12.8. The molecule has 0 radical (unpaired) electrons. The molecule has 1 saturated heterocycles. The molecule has 1 N–H and O–H groups in total. The quantitative estimate of drug-likeness (QED) is 0.465. The van der Waals surface area contributed by atoms with E-state index in [9.17, 15) is 14.9 Å². The van der Waals surface area contributed by atoms with Gasteiger partial charge in [-0.25, -0.2) is 4.98 Å². The molecule has 1 aliphatic heterocycles. The maximum absolute atomic E-state index is 12.9. The van der Waals surface area contributed by atoms with Crippen LogP contribution in [0.15, 0.2) is 36.8 Å². The number of halogens is 2. The highest BCUT2D eigenvalue weighted by atomic mass is 35.5. The predicted octanol–water partition coefficient (Wildman–Crippen LogP) is 5.03. The molecule has 3 heterocycles. The predicted molar refractivity (Wildman–Crippen MR) is 143 cm³/mol. The van der Waals surface area contributed by atoms with Gasteiger partial charge in [0.05, 0.1) is 34.5 Å². The van der Waals surface area contributed by atoms with Crippen LogP contribution in [0.25, 0.3) is 0 Å². The molecule has 0 spiro atoms. The second-order valence-electron chi connectivity index (χ2n) is 10.6. The van der Waals surface area contributed by atoms with Crippen LogP contribution in [0.2, 0.25) is 10.0 Å². The molecule has 6 rings (SSSR count). The van der Waals surface area contributed by atoms with Crippen LogP contribution in [0.3, 0.4) is 0 Å². The first-order valence-electron chi connectivity index (χ1n) is 12.8. The Balaban J connectivity index is 1.11. The van der Waals surface area contributed by atoms with Gasteiger partial charge in [0.1, 0.15) is 0 Å². The molecule has 3 aromatic rings. The third kappa shape index (κ3) is 4.24. The summed E-state index contributed by atoms with van der Waals surface area (Å²) in [6.45, 7) is 4.57. The fourth-order valence-corrected chi connectivity index (χ4v) is 6.14. The van der Waals surface area contributed by atoms with Gasteiger partial charge in [0.25, 0.3) is 5.91 Å². The van der Waals surface area contributed by atoms with Gasteiger partial charge in [-0.05, 0) is 79.8 Å². The highest BCUT2D eigenvalue weighted by Crippen LogP contribution is 2.48. The third-order valence-corrected chi connectivity index (χ3v) is 8.91. The Hall–Kier alpha value is -3.41. The Morgan fingerprint density at radius 2 is 2.03 bits per heavy atom. The lowest BCUT2D eigenvalue weighted by molar-refractivity contribution is -0.118. The number of nitrogens with one attached hydrogen (secondary N) is 1. The van der Waals surface area contributed by atoms with Gasteiger partial charge >= 0.3 is 0 Å². The van der Waals surface area contributed by atoms with Gasteiger partial charge in [-0.3, -0.25) is 19.2 Å². The van der Waals surface area contributed by atoms with E-state index in [2.05, 4.69) is 21.5 Å². The summed E-state index contributed by atoms with van der Waals surface area (Å²) in [5.74, 6) is 1.22. The second kappa shape index (κ2) is 9.40. The minimum absolute atomic E-state index is 0.0240. The van der Waals surface area contributed by atoms with E-state index in [0.717, 1.165) is 36.0 Å². The molecular formula is C28H26Cl2N6O2. The SMILES string of the molecule is Cc1c([C@H](C)n2cc(C(=O)N[C@H]3C[C@@H](c4cc(Cl)ccc4C#N)C3)cn2)cnc(N2C[C@H]3C[C@H]3C2=O)c1Cl. The Morgan fingerprint density at radius 3 is 2.74 bits per heavy atom. The number of anilines is 1. The molecule has 3 atom stereocenters. The lowest BCUT2D eigenvalue weighted by Crippen LogP contribution is -2.43. The van der Waals surface area contributed by atoms with Crippen molar-refractivity contribution in [2.75, 3.05) is 11.4 Å². The standard InChI is InChI=1S/C28H26Cl2N6O2/c1-14-24(11-32-26(25(14)30)35-12-18-7-23(18)28(35)38)15(2)36-13-19(10-33-36)27(37)34-21-5-17(6-21)22-8-20(29)4-3-16(22)9-31/h3-4,8,10-11,13,15,17-18,21,23H,5-7,12H2,1-2H3,(H,34,37)/t15-,17-,18+,21+,23+/m0/s1. The summed E-state index contributed by atoms with van der Waals surface area (Å²) < 4.78 is 1.72. The van der Waals surface area contributed by atoms with Crippen molar-refractivity contribution in [3.63, 3.8) is 0 Å². The van der Waals surface area contributed by atoms with E-state index in [1.54, 1.807) is 40.3 Å². The van der Waals surface area contributed by atoms with Gasteiger partial charge in [-0.1, -0.05) is 23.2 Å². The fraction of sp³-hybridized carbons (Fsp3) is 0.393. The third-order valence-electron chi connectivity index (χ3n) is 8.22. The van der Waals surface area contributed by atoms with Crippen molar-refractivity contribution in [1.29, 1.82) is 5.26 Å². The van der Waals surface area contributed by atoms with Crippen LogP contribution in [0.5, 0.6) is 0 Å². The first-order valence-corrected chi connectivity index (χ1v) is 13.5. The van der Waals surface area contributed by atoms with Gasteiger partial charge in [-0.2, -0.15) is 10.4 Å². The lowest BCUT2D eigenvalue weighted by Gasteiger charge is -2.36. The molecule has 2 aliphatic carbocycles. The van der Waals surface area contributed by atoms with Crippen LogP contribution in [0, 0.1) is 30.1 Å². The average molecular weight is 549 g/mol. The summed E-state index contributed by atoms with van der Waals surface area (Å²) in [7, 11) is 0. The number of amides is 2.